The van der Waals surface area contributed by atoms with Crippen LogP contribution in [-0.2, 0) is 4.79 Å². The Morgan fingerprint density at radius 1 is 1.10 bits per heavy atom. The molecule has 1 saturated heterocycles. The lowest BCUT2D eigenvalue weighted by molar-refractivity contribution is -0.114. The topological polar surface area (TPSA) is 65.0 Å². The number of nitrogens with one attached hydrogen (secondary N) is 1. The lowest BCUT2D eigenvalue weighted by Gasteiger charge is -2.25. The summed E-state index contributed by atoms with van der Waals surface area (Å²) in [5.74, 6) is 0.559. The number of hydrogen-bond donors (Lipinski definition) is 2. The number of ether oxygens (including phenoxy) is 1. The minimum atomic E-state index is -0.563. The highest BCUT2D eigenvalue weighted by molar-refractivity contribution is 6.30. The van der Waals surface area contributed by atoms with Crippen LogP contribution >= 0.6 is 11.6 Å². The Bertz CT molecular complexity index is 783. The van der Waals surface area contributed by atoms with Crippen LogP contribution in [0.3, 0.4) is 0 Å². The van der Waals surface area contributed by atoms with Crippen molar-refractivity contribution >= 4 is 28.9 Å². The zero-order valence-corrected chi connectivity index (χ0v) is 17.4. The number of halogens is 1. The Morgan fingerprint density at radius 3 is 2.52 bits per heavy atom. The maximum absolute atomic E-state index is 11.1. The van der Waals surface area contributed by atoms with Crippen molar-refractivity contribution in [1.29, 1.82) is 0 Å². The Balaban J connectivity index is 1.42. The molecule has 1 unspecified atom stereocenters. The molecule has 29 heavy (non-hydrogen) atoms. The van der Waals surface area contributed by atoms with Crippen LogP contribution < -0.4 is 15.0 Å². The molecule has 3 rings (SSSR count). The van der Waals surface area contributed by atoms with Crippen LogP contribution in [0.25, 0.3) is 0 Å². The third kappa shape index (κ3) is 6.92. The van der Waals surface area contributed by atoms with E-state index in [1.54, 1.807) is 24.3 Å². The van der Waals surface area contributed by atoms with Crippen molar-refractivity contribution in [3.8, 4) is 5.75 Å². The number of carbonyl (C=O) groups excluding carboxylic acids is 1. The van der Waals surface area contributed by atoms with Crippen LogP contribution in [-0.4, -0.2) is 61.3 Å². The van der Waals surface area contributed by atoms with Gasteiger partial charge in [0.2, 0.25) is 5.91 Å². The summed E-state index contributed by atoms with van der Waals surface area (Å²) in [4.78, 5) is 15.7. The van der Waals surface area contributed by atoms with E-state index in [1.165, 1.54) is 12.6 Å². The van der Waals surface area contributed by atoms with Crippen molar-refractivity contribution < 1.29 is 14.6 Å². The second kappa shape index (κ2) is 10.5. The molecule has 2 aromatic carbocycles. The Hall–Kier alpha value is -2.28. The highest BCUT2D eigenvalue weighted by Crippen LogP contribution is 2.20. The number of β-amino-alcohol motifs (C(OH)–C–C–N with tert-alkyl or cyclic N) is 1. The largest absolute Gasteiger partial charge is 0.491 e. The number of aliphatic hydroxyl groups is 1. The van der Waals surface area contributed by atoms with E-state index in [2.05, 4.69) is 27.2 Å². The fourth-order valence-corrected chi connectivity index (χ4v) is 3.57. The molecule has 1 heterocycles. The number of benzene rings is 2. The van der Waals surface area contributed by atoms with Gasteiger partial charge in [-0.2, -0.15) is 0 Å². The molecule has 156 valence electrons. The molecular weight excluding hydrogens is 390 g/mol. The van der Waals surface area contributed by atoms with Gasteiger partial charge in [0, 0.05) is 49.5 Å². The molecule has 1 fully saturated rings. The fraction of sp³-hybridized carbons (Fsp3) is 0.409. The monoisotopic (exact) mass is 417 g/mol. The van der Waals surface area contributed by atoms with E-state index in [9.17, 15) is 9.90 Å². The summed E-state index contributed by atoms with van der Waals surface area (Å²) in [6, 6.07) is 15.1. The van der Waals surface area contributed by atoms with Crippen molar-refractivity contribution in [2.75, 3.05) is 49.5 Å². The fourth-order valence-electron chi connectivity index (χ4n) is 3.44. The van der Waals surface area contributed by atoms with Gasteiger partial charge in [-0.05, 0) is 61.5 Å². The van der Waals surface area contributed by atoms with Crippen LogP contribution in [0.5, 0.6) is 5.75 Å². The van der Waals surface area contributed by atoms with Gasteiger partial charge in [-0.15, -0.1) is 0 Å². The summed E-state index contributed by atoms with van der Waals surface area (Å²) in [5.41, 5.74) is 1.91. The lowest BCUT2D eigenvalue weighted by atomic mass is 10.2. The first-order valence-electron chi connectivity index (χ1n) is 9.91. The number of anilines is 2. The second-order valence-electron chi connectivity index (χ2n) is 7.29. The summed E-state index contributed by atoms with van der Waals surface area (Å²) in [5, 5.41) is 13.9. The highest BCUT2D eigenvalue weighted by Gasteiger charge is 2.18. The maximum atomic E-state index is 11.1. The molecule has 2 N–H and O–H groups in total. The molecule has 6 nitrogen and oxygen atoms in total. The molecule has 0 radical (unpaired) electrons. The third-order valence-corrected chi connectivity index (χ3v) is 5.12. The number of aliphatic hydroxyl groups excluding tert-OH is 1. The standard InChI is InChI=1S/C22H28ClN3O3/c1-17(27)24-19-5-9-22(10-6-19)29-16-21(28)15-25-11-2-12-26(14-13-25)20-7-3-18(23)4-8-20/h3-10,21,28H,2,11-16H2,1H3,(H,24,27). The average molecular weight is 418 g/mol. The molecular formula is C22H28ClN3O3. The van der Waals surface area contributed by atoms with Crippen LogP contribution in [0.2, 0.25) is 5.02 Å². The predicted octanol–water partition coefficient (Wildman–Crippen LogP) is 3.25. The van der Waals surface area contributed by atoms with Gasteiger partial charge in [0.25, 0.3) is 0 Å². The quantitative estimate of drug-likeness (QED) is 0.724. The van der Waals surface area contributed by atoms with Crippen LogP contribution in [0, 0.1) is 0 Å². The van der Waals surface area contributed by atoms with Crippen LogP contribution in [0.1, 0.15) is 13.3 Å². The molecule has 0 saturated carbocycles. The van der Waals surface area contributed by atoms with E-state index in [4.69, 9.17) is 16.3 Å². The summed E-state index contributed by atoms with van der Waals surface area (Å²) < 4.78 is 5.69. The molecule has 7 heteroatoms. The Morgan fingerprint density at radius 2 is 1.83 bits per heavy atom. The van der Waals surface area contributed by atoms with Crippen molar-refractivity contribution in [2.24, 2.45) is 0 Å². The van der Waals surface area contributed by atoms with Gasteiger partial charge in [-0.1, -0.05) is 11.6 Å². The lowest BCUT2D eigenvalue weighted by Crippen LogP contribution is -2.38. The zero-order valence-electron chi connectivity index (χ0n) is 16.7. The van der Waals surface area contributed by atoms with Gasteiger partial charge in [0.15, 0.2) is 0 Å². The molecule has 0 spiro atoms. The van der Waals surface area contributed by atoms with Crippen molar-refractivity contribution in [1.82, 2.24) is 4.90 Å². The average Bonchev–Trinajstić information content (AvgIpc) is 2.93. The summed E-state index contributed by atoms with van der Waals surface area (Å²) in [6.07, 6.45) is 0.480. The zero-order chi connectivity index (χ0) is 20.6. The first-order chi connectivity index (χ1) is 14.0. The van der Waals surface area contributed by atoms with Crippen LogP contribution in [0.4, 0.5) is 11.4 Å². The summed E-state index contributed by atoms with van der Waals surface area (Å²) >= 11 is 5.98. The number of rotatable bonds is 7. The van der Waals surface area contributed by atoms with Gasteiger partial charge in [-0.25, -0.2) is 0 Å². The first-order valence-corrected chi connectivity index (χ1v) is 10.3. The molecule has 0 bridgehead atoms. The van der Waals surface area contributed by atoms with Crippen molar-refractivity contribution in [2.45, 2.75) is 19.4 Å². The number of carbonyl (C=O) groups is 1. The number of amides is 1. The van der Waals surface area contributed by atoms with Crippen molar-refractivity contribution in [3.63, 3.8) is 0 Å². The molecule has 2 aromatic rings. The predicted molar refractivity (Wildman–Crippen MR) is 117 cm³/mol. The SMILES string of the molecule is CC(=O)Nc1ccc(OCC(O)CN2CCCN(c3ccc(Cl)cc3)CC2)cc1. The van der Waals surface area contributed by atoms with E-state index in [0.29, 0.717) is 12.3 Å². The van der Waals surface area contributed by atoms with E-state index >= 15 is 0 Å². The van der Waals surface area contributed by atoms with Gasteiger partial charge >= 0.3 is 0 Å². The summed E-state index contributed by atoms with van der Waals surface area (Å²) in [6.45, 7) is 6.04. The van der Waals surface area contributed by atoms with Gasteiger partial charge in [-0.3, -0.25) is 9.69 Å². The molecule has 1 aliphatic rings. The highest BCUT2D eigenvalue weighted by atomic mass is 35.5. The number of hydrogen-bond acceptors (Lipinski definition) is 5. The van der Waals surface area contributed by atoms with Crippen molar-refractivity contribution in [3.05, 3.63) is 53.6 Å². The minimum absolute atomic E-state index is 0.110. The summed E-state index contributed by atoms with van der Waals surface area (Å²) in [7, 11) is 0. The molecule has 0 aromatic heterocycles. The molecule has 1 atom stereocenters. The smallest absolute Gasteiger partial charge is 0.221 e. The van der Waals surface area contributed by atoms with E-state index in [0.717, 1.165) is 43.3 Å². The van der Waals surface area contributed by atoms with E-state index in [-0.39, 0.29) is 12.5 Å². The van der Waals surface area contributed by atoms with Crippen LogP contribution in [0.15, 0.2) is 48.5 Å². The van der Waals surface area contributed by atoms with E-state index in [1.807, 2.05) is 12.1 Å². The minimum Gasteiger partial charge on any atom is -0.491 e. The maximum Gasteiger partial charge on any atom is 0.221 e. The van der Waals surface area contributed by atoms with Gasteiger partial charge in [0.1, 0.15) is 18.5 Å². The van der Waals surface area contributed by atoms with Gasteiger partial charge in [0.05, 0.1) is 0 Å². The molecule has 1 amide bonds. The molecule has 1 aliphatic heterocycles. The molecule has 0 aliphatic carbocycles. The third-order valence-electron chi connectivity index (χ3n) is 4.87. The Kier molecular flexibility index (Phi) is 7.75. The Labute approximate surface area is 177 Å². The number of nitrogens with zero attached hydrogens (tertiary/aromatic N) is 2. The normalized spacial score (nSPS) is 16.2. The van der Waals surface area contributed by atoms with Gasteiger partial charge < -0.3 is 20.1 Å². The first kappa shape index (κ1) is 21.4. The van der Waals surface area contributed by atoms with E-state index < -0.39 is 6.10 Å². The second-order valence-corrected chi connectivity index (χ2v) is 7.72.